The van der Waals surface area contributed by atoms with Gasteiger partial charge in [0.05, 0.1) is 16.7 Å². The number of nitrogens with one attached hydrogen (secondary N) is 1. The molecule has 2 aromatic carbocycles. The predicted octanol–water partition coefficient (Wildman–Crippen LogP) is 6.02. The molecule has 0 spiro atoms. The van der Waals surface area contributed by atoms with Crippen LogP contribution in [0.4, 0.5) is 0 Å². The Labute approximate surface area is 229 Å². The molecule has 0 aromatic heterocycles. The van der Waals surface area contributed by atoms with Crippen molar-refractivity contribution in [3.63, 3.8) is 0 Å². The first-order chi connectivity index (χ1) is 17.5. The predicted molar refractivity (Wildman–Crippen MR) is 147 cm³/mol. The summed E-state index contributed by atoms with van der Waals surface area (Å²) >= 11 is 12.6. The molecule has 0 radical (unpaired) electrons. The second-order valence-corrected chi connectivity index (χ2v) is 13.1. The zero-order valence-electron chi connectivity index (χ0n) is 21.0. The summed E-state index contributed by atoms with van der Waals surface area (Å²) in [6, 6.07) is 13.2. The van der Waals surface area contributed by atoms with Crippen molar-refractivity contribution in [3.05, 3.63) is 82.4 Å². The van der Waals surface area contributed by atoms with Gasteiger partial charge in [-0.05, 0) is 67.5 Å². The van der Waals surface area contributed by atoms with Crippen molar-refractivity contribution in [3.8, 4) is 0 Å². The Morgan fingerprint density at radius 2 is 1.84 bits per heavy atom. The zero-order chi connectivity index (χ0) is 27.0. The number of allylic oxidation sites excluding steroid dienone is 1. The van der Waals surface area contributed by atoms with Gasteiger partial charge in [-0.1, -0.05) is 67.4 Å². The van der Waals surface area contributed by atoms with Crippen molar-refractivity contribution in [2.24, 2.45) is 5.41 Å². The van der Waals surface area contributed by atoms with Crippen LogP contribution < -0.4 is 4.72 Å². The summed E-state index contributed by atoms with van der Waals surface area (Å²) in [5.74, 6) is -1.12. The number of benzene rings is 2. The van der Waals surface area contributed by atoms with Gasteiger partial charge in [-0.15, -0.1) is 6.58 Å². The number of carbonyl (C=O) groups excluding carboxylic acids is 2. The third kappa shape index (κ3) is 5.74. The van der Waals surface area contributed by atoms with E-state index in [1.807, 2.05) is 37.3 Å². The standard InChI is InChI=1S/C28H32Cl2N2O4S/c1-4-15-28(3)17-23(19-7-6-8-21(30)16-19)25(18-9-11-20(29)12-10-18)32(27(28)34)24(5-2)26(33)31-37(35,36)22-13-14-22/h4,6-12,16,22-25H,1,5,13-15,17H2,2-3H3,(H,31,33)/t23-,24?,25-,28+/m1/s1. The number of carbonyl (C=O) groups is 2. The Kier molecular flexibility index (Phi) is 8.07. The number of piperidine rings is 1. The molecule has 37 heavy (non-hydrogen) atoms. The Bertz CT molecular complexity index is 1290. The molecule has 1 unspecified atom stereocenters. The zero-order valence-corrected chi connectivity index (χ0v) is 23.3. The molecule has 4 atom stereocenters. The average Bonchev–Trinajstić information content (AvgIpc) is 3.69. The minimum absolute atomic E-state index is 0.212. The number of hydrogen-bond acceptors (Lipinski definition) is 4. The molecule has 2 amide bonds. The SMILES string of the molecule is C=CC[C@@]1(C)C[C@H](c2cccc(Cl)c2)[C@@H](c2ccc(Cl)cc2)N(C(CC)C(=O)NS(=O)(=O)C2CC2)C1=O. The molecule has 1 saturated heterocycles. The molecule has 1 heterocycles. The summed E-state index contributed by atoms with van der Waals surface area (Å²) < 4.78 is 27.6. The second-order valence-electron chi connectivity index (χ2n) is 10.3. The first-order valence-corrected chi connectivity index (χ1v) is 14.8. The molecular weight excluding hydrogens is 531 g/mol. The molecule has 6 nitrogen and oxygen atoms in total. The quantitative estimate of drug-likeness (QED) is 0.379. The maximum atomic E-state index is 14.2. The molecule has 198 valence electrons. The lowest BCUT2D eigenvalue weighted by Crippen LogP contribution is -2.59. The number of hydrogen-bond donors (Lipinski definition) is 1. The molecule has 2 fully saturated rings. The van der Waals surface area contributed by atoms with Crippen LogP contribution in [0.1, 0.15) is 69.0 Å². The molecule has 1 N–H and O–H groups in total. The molecular formula is C28H32Cl2N2O4S. The summed E-state index contributed by atoms with van der Waals surface area (Å²) in [4.78, 5) is 29.4. The average molecular weight is 564 g/mol. The number of sulfonamides is 1. The molecule has 0 bridgehead atoms. The number of halogens is 2. The monoisotopic (exact) mass is 562 g/mol. The van der Waals surface area contributed by atoms with Crippen molar-refractivity contribution in [2.45, 2.75) is 69.2 Å². The number of likely N-dealkylation sites (tertiary alicyclic amines) is 1. The van der Waals surface area contributed by atoms with E-state index in [-0.39, 0.29) is 18.2 Å². The van der Waals surface area contributed by atoms with Crippen LogP contribution in [0.3, 0.4) is 0 Å². The fraction of sp³-hybridized carbons (Fsp3) is 0.429. The van der Waals surface area contributed by atoms with Gasteiger partial charge >= 0.3 is 0 Å². The first kappa shape index (κ1) is 27.7. The largest absolute Gasteiger partial charge is 0.323 e. The Morgan fingerprint density at radius 1 is 1.16 bits per heavy atom. The summed E-state index contributed by atoms with van der Waals surface area (Å²) in [6.45, 7) is 7.53. The number of nitrogens with zero attached hydrogens (tertiary/aromatic N) is 1. The molecule has 2 aromatic rings. The highest BCUT2D eigenvalue weighted by Crippen LogP contribution is 2.52. The van der Waals surface area contributed by atoms with Gasteiger partial charge in [-0.2, -0.15) is 0 Å². The van der Waals surface area contributed by atoms with Crippen LogP contribution in [0.2, 0.25) is 10.0 Å². The van der Waals surface area contributed by atoms with Gasteiger partial charge in [0.15, 0.2) is 0 Å². The smallest absolute Gasteiger partial charge is 0.256 e. The second kappa shape index (κ2) is 10.8. The van der Waals surface area contributed by atoms with E-state index >= 15 is 0 Å². The van der Waals surface area contributed by atoms with E-state index in [0.717, 1.165) is 11.1 Å². The maximum Gasteiger partial charge on any atom is 0.256 e. The molecule has 1 aliphatic heterocycles. The Morgan fingerprint density at radius 3 is 2.41 bits per heavy atom. The van der Waals surface area contributed by atoms with Crippen LogP contribution in [-0.4, -0.2) is 36.4 Å². The van der Waals surface area contributed by atoms with E-state index in [4.69, 9.17) is 23.2 Å². The fourth-order valence-electron chi connectivity index (χ4n) is 5.41. The lowest BCUT2D eigenvalue weighted by molar-refractivity contribution is -0.158. The van der Waals surface area contributed by atoms with Crippen molar-refractivity contribution in [1.82, 2.24) is 9.62 Å². The van der Waals surface area contributed by atoms with Crippen molar-refractivity contribution >= 4 is 45.0 Å². The van der Waals surface area contributed by atoms with Crippen LogP contribution >= 0.6 is 23.2 Å². The van der Waals surface area contributed by atoms with E-state index < -0.39 is 38.7 Å². The molecule has 9 heteroatoms. The summed E-state index contributed by atoms with van der Waals surface area (Å²) in [5.41, 5.74) is 0.890. The third-order valence-corrected chi connectivity index (χ3v) is 9.74. The molecule has 2 aliphatic rings. The van der Waals surface area contributed by atoms with Gasteiger partial charge in [0.25, 0.3) is 5.91 Å². The van der Waals surface area contributed by atoms with E-state index in [9.17, 15) is 18.0 Å². The fourth-order valence-corrected chi connectivity index (χ4v) is 7.07. The highest BCUT2D eigenvalue weighted by Gasteiger charge is 2.52. The van der Waals surface area contributed by atoms with Crippen LogP contribution in [0.5, 0.6) is 0 Å². The maximum absolute atomic E-state index is 14.2. The van der Waals surface area contributed by atoms with Gasteiger partial charge in [0.1, 0.15) is 6.04 Å². The lowest BCUT2D eigenvalue weighted by atomic mass is 9.67. The molecule has 1 saturated carbocycles. The van der Waals surface area contributed by atoms with E-state index in [2.05, 4.69) is 11.3 Å². The van der Waals surface area contributed by atoms with Crippen LogP contribution in [0.25, 0.3) is 0 Å². The van der Waals surface area contributed by atoms with Gasteiger partial charge in [-0.3, -0.25) is 14.3 Å². The Hall–Kier alpha value is -2.35. The number of rotatable bonds is 9. The van der Waals surface area contributed by atoms with Crippen molar-refractivity contribution in [2.75, 3.05) is 0 Å². The van der Waals surface area contributed by atoms with E-state index in [1.165, 1.54) is 0 Å². The van der Waals surface area contributed by atoms with Crippen LogP contribution in [0.15, 0.2) is 61.2 Å². The van der Waals surface area contributed by atoms with E-state index in [0.29, 0.717) is 35.7 Å². The summed E-state index contributed by atoms with van der Waals surface area (Å²) in [5, 5.41) is 0.568. The normalized spacial score (nSPS) is 25.0. The lowest BCUT2D eigenvalue weighted by Gasteiger charge is -2.51. The van der Waals surface area contributed by atoms with Gasteiger partial charge in [0.2, 0.25) is 15.9 Å². The first-order valence-electron chi connectivity index (χ1n) is 12.5. The minimum atomic E-state index is -3.78. The van der Waals surface area contributed by atoms with Crippen molar-refractivity contribution in [1.29, 1.82) is 0 Å². The van der Waals surface area contributed by atoms with Gasteiger partial charge in [-0.25, -0.2) is 8.42 Å². The highest BCUT2D eigenvalue weighted by molar-refractivity contribution is 7.90. The summed E-state index contributed by atoms with van der Waals surface area (Å²) in [6.07, 6.45) is 3.93. The van der Waals surface area contributed by atoms with Crippen molar-refractivity contribution < 1.29 is 18.0 Å². The minimum Gasteiger partial charge on any atom is -0.323 e. The van der Waals surface area contributed by atoms with Gasteiger partial charge < -0.3 is 4.90 Å². The highest BCUT2D eigenvalue weighted by atomic mass is 35.5. The Balaban J connectivity index is 1.87. The third-order valence-electron chi connectivity index (χ3n) is 7.42. The topological polar surface area (TPSA) is 83.6 Å². The van der Waals surface area contributed by atoms with Crippen LogP contribution in [-0.2, 0) is 19.6 Å². The molecule has 4 rings (SSSR count). The van der Waals surface area contributed by atoms with Gasteiger partial charge in [0, 0.05) is 16.0 Å². The molecule has 1 aliphatic carbocycles. The van der Waals surface area contributed by atoms with Crippen LogP contribution in [0, 0.1) is 5.41 Å². The summed E-state index contributed by atoms with van der Waals surface area (Å²) in [7, 11) is -3.78. The number of amides is 2. The van der Waals surface area contributed by atoms with E-state index in [1.54, 1.807) is 36.1 Å².